The summed E-state index contributed by atoms with van der Waals surface area (Å²) in [5.74, 6) is 0. The fourth-order valence-electron chi connectivity index (χ4n) is 2.79. The fraction of sp³-hybridized carbons (Fsp3) is 0.0870. The van der Waals surface area contributed by atoms with Gasteiger partial charge in [0.05, 0.1) is 5.16 Å². The Bertz CT molecular complexity index is 951. The molecule has 2 rings (SSSR count). The molecule has 0 fully saturated rings. The number of hydrogen-bond acceptors (Lipinski definition) is 4. The van der Waals surface area contributed by atoms with Crippen molar-refractivity contribution in [3.63, 3.8) is 0 Å². The number of hydrogen-bond donors (Lipinski definition) is 4. The van der Waals surface area contributed by atoms with Crippen molar-refractivity contribution in [2.45, 2.75) is 6.92 Å². The molecule has 5 heteroatoms. The Morgan fingerprint density at radius 3 is 2.64 bits per heavy atom. The van der Waals surface area contributed by atoms with Crippen LogP contribution >= 0.6 is 11.6 Å². The van der Waals surface area contributed by atoms with Gasteiger partial charge in [0.2, 0.25) is 0 Å². The van der Waals surface area contributed by atoms with E-state index in [-0.39, 0.29) is 5.16 Å². The normalized spacial score (nSPS) is 12.2. The van der Waals surface area contributed by atoms with Gasteiger partial charge in [0.1, 0.15) is 0 Å². The standard InChI is InChI=1S/C23H25ClN4/c1-16(7-3-4-12-25)15-28-17(2)23-19(14-22(24)27)9-6-11-21(23)18-8-5-10-20(26)13-18/h3-14,25,28H,2,15,26-27H2,1H3/b4-3-,16-7+,22-14-,25-12?. The van der Waals surface area contributed by atoms with Crippen LogP contribution in [0, 0.1) is 5.41 Å². The van der Waals surface area contributed by atoms with Crippen LogP contribution < -0.4 is 16.8 Å². The SMILES string of the molecule is C=C(NC/C(C)=C/C=C\C=N)c1c(/C=C(\N)Cl)cccc1-c1cccc(N)c1. The Kier molecular flexibility index (Phi) is 7.66. The second-order valence-corrected chi connectivity index (χ2v) is 6.76. The molecule has 6 N–H and O–H groups in total. The van der Waals surface area contributed by atoms with Crippen LogP contribution in [0.5, 0.6) is 0 Å². The molecule has 2 aromatic carbocycles. The van der Waals surface area contributed by atoms with Crippen LogP contribution in [0.1, 0.15) is 18.1 Å². The fourth-order valence-corrected chi connectivity index (χ4v) is 2.91. The van der Waals surface area contributed by atoms with Gasteiger partial charge in [-0.3, -0.25) is 0 Å². The van der Waals surface area contributed by atoms with Gasteiger partial charge < -0.3 is 22.2 Å². The van der Waals surface area contributed by atoms with Crippen LogP contribution in [-0.4, -0.2) is 12.8 Å². The number of allylic oxidation sites excluding steroid dienone is 3. The summed E-state index contributed by atoms with van der Waals surface area (Å²) in [6, 6.07) is 13.6. The number of nitrogens with two attached hydrogens (primary N) is 2. The van der Waals surface area contributed by atoms with E-state index in [1.165, 1.54) is 6.21 Å². The molecular formula is C23H25ClN4. The Balaban J connectivity index is 2.43. The first-order valence-corrected chi connectivity index (χ1v) is 9.18. The topological polar surface area (TPSA) is 87.9 Å². The Morgan fingerprint density at radius 2 is 1.96 bits per heavy atom. The third-order valence-corrected chi connectivity index (χ3v) is 4.17. The summed E-state index contributed by atoms with van der Waals surface area (Å²) in [6.45, 7) is 6.86. The predicted octanol–water partition coefficient (Wildman–Crippen LogP) is 5.14. The van der Waals surface area contributed by atoms with Gasteiger partial charge in [0.25, 0.3) is 0 Å². The van der Waals surface area contributed by atoms with Crippen molar-refractivity contribution in [1.29, 1.82) is 5.41 Å². The number of halogens is 1. The number of nitrogens with one attached hydrogen (secondary N) is 2. The van der Waals surface area contributed by atoms with Gasteiger partial charge in [-0.05, 0) is 47.9 Å². The zero-order valence-electron chi connectivity index (χ0n) is 15.9. The molecule has 0 aliphatic rings. The summed E-state index contributed by atoms with van der Waals surface area (Å²) in [5, 5.41) is 10.6. The molecule has 0 bridgehead atoms. The van der Waals surface area contributed by atoms with Crippen LogP contribution in [0.3, 0.4) is 0 Å². The van der Waals surface area contributed by atoms with Gasteiger partial charge in [0.15, 0.2) is 0 Å². The highest BCUT2D eigenvalue weighted by Crippen LogP contribution is 2.32. The van der Waals surface area contributed by atoms with Gasteiger partial charge in [-0.25, -0.2) is 0 Å². The van der Waals surface area contributed by atoms with Crippen LogP contribution in [0.25, 0.3) is 22.9 Å². The lowest BCUT2D eigenvalue weighted by Crippen LogP contribution is -2.15. The van der Waals surface area contributed by atoms with Gasteiger partial charge in [-0.15, -0.1) is 0 Å². The second kappa shape index (κ2) is 10.2. The van der Waals surface area contributed by atoms with E-state index in [4.69, 9.17) is 28.5 Å². The molecule has 0 aliphatic carbocycles. The average Bonchev–Trinajstić information content (AvgIpc) is 2.65. The summed E-state index contributed by atoms with van der Waals surface area (Å²) in [5.41, 5.74) is 18.0. The molecule has 0 radical (unpaired) electrons. The van der Waals surface area contributed by atoms with E-state index in [0.717, 1.165) is 33.5 Å². The monoisotopic (exact) mass is 392 g/mol. The van der Waals surface area contributed by atoms with E-state index in [1.54, 1.807) is 12.2 Å². The van der Waals surface area contributed by atoms with Crippen molar-refractivity contribution >= 4 is 35.3 Å². The lowest BCUT2D eigenvalue weighted by molar-refractivity contribution is 0.958. The maximum Gasteiger partial charge on any atom is 0.0998 e. The van der Waals surface area contributed by atoms with Crippen molar-refractivity contribution in [3.05, 3.63) is 89.1 Å². The molecule has 0 aromatic heterocycles. The highest BCUT2D eigenvalue weighted by molar-refractivity contribution is 6.31. The summed E-state index contributed by atoms with van der Waals surface area (Å²) >= 11 is 5.94. The highest BCUT2D eigenvalue weighted by Gasteiger charge is 2.13. The Morgan fingerprint density at radius 1 is 1.21 bits per heavy atom. The Hall–Kier alpha value is -3.24. The largest absolute Gasteiger partial charge is 0.399 e. The van der Waals surface area contributed by atoms with E-state index in [1.807, 2.05) is 61.5 Å². The minimum atomic E-state index is 0.201. The van der Waals surface area contributed by atoms with E-state index in [2.05, 4.69) is 11.9 Å². The lowest BCUT2D eigenvalue weighted by atomic mass is 9.93. The molecule has 28 heavy (non-hydrogen) atoms. The van der Waals surface area contributed by atoms with Crippen LogP contribution in [0.4, 0.5) is 5.69 Å². The minimum Gasteiger partial charge on any atom is -0.399 e. The van der Waals surface area contributed by atoms with E-state index >= 15 is 0 Å². The lowest BCUT2D eigenvalue weighted by Gasteiger charge is -2.18. The van der Waals surface area contributed by atoms with Crippen molar-refractivity contribution in [1.82, 2.24) is 5.32 Å². The van der Waals surface area contributed by atoms with Crippen molar-refractivity contribution < 1.29 is 0 Å². The molecule has 0 aliphatic heterocycles. The third kappa shape index (κ3) is 5.89. The van der Waals surface area contributed by atoms with Gasteiger partial charge >= 0.3 is 0 Å². The van der Waals surface area contributed by atoms with Crippen molar-refractivity contribution in [3.8, 4) is 11.1 Å². The number of rotatable bonds is 8. The van der Waals surface area contributed by atoms with E-state index in [0.29, 0.717) is 12.2 Å². The minimum absolute atomic E-state index is 0.201. The third-order valence-electron chi connectivity index (χ3n) is 4.06. The molecular weight excluding hydrogens is 368 g/mol. The number of nitrogen functional groups attached to an aromatic ring is 1. The van der Waals surface area contributed by atoms with Gasteiger partial charge in [-0.1, -0.05) is 66.2 Å². The van der Waals surface area contributed by atoms with E-state index < -0.39 is 0 Å². The van der Waals surface area contributed by atoms with Crippen LogP contribution in [0.2, 0.25) is 0 Å². The summed E-state index contributed by atoms with van der Waals surface area (Å²) in [6.07, 6.45) is 8.41. The Labute approximate surface area is 171 Å². The second-order valence-electron chi connectivity index (χ2n) is 6.32. The molecule has 144 valence electrons. The van der Waals surface area contributed by atoms with Crippen LogP contribution in [0.15, 0.2) is 78.0 Å². The van der Waals surface area contributed by atoms with Gasteiger partial charge in [0, 0.05) is 29.7 Å². The van der Waals surface area contributed by atoms with Crippen LogP contribution in [-0.2, 0) is 0 Å². The van der Waals surface area contributed by atoms with Crippen molar-refractivity contribution in [2.24, 2.45) is 5.73 Å². The molecule has 0 unspecified atom stereocenters. The van der Waals surface area contributed by atoms with Gasteiger partial charge in [-0.2, -0.15) is 0 Å². The molecule has 0 spiro atoms. The summed E-state index contributed by atoms with van der Waals surface area (Å²) in [4.78, 5) is 0. The molecule has 0 atom stereocenters. The van der Waals surface area contributed by atoms with Crippen molar-refractivity contribution in [2.75, 3.05) is 12.3 Å². The highest BCUT2D eigenvalue weighted by atomic mass is 35.5. The number of anilines is 1. The molecule has 0 amide bonds. The average molecular weight is 393 g/mol. The molecule has 4 nitrogen and oxygen atoms in total. The summed E-state index contributed by atoms with van der Waals surface area (Å²) in [7, 11) is 0. The zero-order valence-corrected chi connectivity index (χ0v) is 16.6. The number of benzene rings is 2. The smallest absolute Gasteiger partial charge is 0.0998 e. The first-order chi connectivity index (χ1) is 13.4. The maximum atomic E-state index is 7.02. The molecule has 0 saturated heterocycles. The first-order valence-electron chi connectivity index (χ1n) is 8.80. The zero-order chi connectivity index (χ0) is 20.5. The maximum absolute atomic E-state index is 7.02. The molecule has 0 heterocycles. The molecule has 0 saturated carbocycles. The predicted molar refractivity (Wildman–Crippen MR) is 123 cm³/mol. The molecule has 2 aromatic rings. The quantitative estimate of drug-likeness (QED) is 0.217. The van der Waals surface area contributed by atoms with E-state index in [9.17, 15) is 0 Å². The summed E-state index contributed by atoms with van der Waals surface area (Å²) < 4.78 is 0. The first kappa shape index (κ1) is 21.1.